The Hall–Kier alpha value is -1.43. The summed E-state index contributed by atoms with van der Waals surface area (Å²) in [7, 11) is 0. The van der Waals surface area contributed by atoms with E-state index in [2.05, 4.69) is 25.9 Å². The molecule has 0 aliphatic carbocycles. The van der Waals surface area contributed by atoms with Gasteiger partial charge in [0.05, 0.1) is 4.47 Å². The molecule has 0 aliphatic rings. The summed E-state index contributed by atoms with van der Waals surface area (Å²) in [5.74, 6) is -0.461. The molecular formula is C8H6BrN3O2. The Morgan fingerprint density at radius 2 is 2.36 bits per heavy atom. The van der Waals surface area contributed by atoms with Crippen molar-refractivity contribution in [3.8, 4) is 0 Å². The van der Waals surface area contributed by atoms with Gasteiger partial charge in [0.15, 0.2) is 11.3 Å². The van der Waals surface area contributed by atoms with Gasteiger partial charge in [-0.2, -0.15) is 0 Å². The number of nitrogens with zero attached hydrogens (tertiary/aromatic N) is 3. The van der Waals surface area contributed by atoms with Gasteiger partial charge in [-0.1, -0.05) is 0 Å². The second-order valence-corrected chi connectivity index (χ2v) is 3.69. The lowest BCUT2D eigenvalue weighted by molar-refractivity contribution is 0.0693. The van der Waals surface area contributed by atoms with Crippen molar-refractivity contribution in [2.45, 2.75) is 6.92 Å². The van der Waals surface area contributed by atoms with Crippen molar-refractivity contribution in [2.24, 2.45) is 0 Å². The lowest BCUT2D eigenvalue weighted by Crippen LogP contribution is -1.98. The molecule has 0 atom stereocenters. The molecule has 5 nitrogen and oxygen atoms in total. The van der Waals surface area contributed by atoms with Gasteiger partial charge in [-0.15, -0.1) is 0 Å². The molecule has 0 spiro atoms. The number of aromatic nitrogens is 3. The van der Waals surface area contributed by atoms with Crippen LogP contribution in [0.15, 0.2) is 16.9 Å². The quantitative estimate of drug-likeness (QED) is 0.839. The number of imidazole rings is 1. The summed E-state index contributed by atoms with van der Waals surface area (Å²) in [4.78, 5) is 18.7. The minimum Gasteiger partial charge on any atom is -0.476 e. The molecule has 0 saturated heterocycles. The number of halogens is 1. The predicted molar refractivity (Wildman–Crippen MR) is 52.4 cm³/mol. The van der Waals surface area contributed by atoms with Gasteiger partial charge in [-0.05, 0) is 22.9 Å². The van der Waals surface area contributed by atoms with Crippen LogP contribution in [0.1, 0.15) is 16.3 Å². The normalized spacial score (nSPS) is 10.7. The molecule has 2 aromatic rings. The molecule has 0 aliphatic heterocycles. The maximum Gasteiger partial charge on any atom is 0.358 e. The first-order chi connectivity index (χ1) is 6.59. The standard InChI is InChI=1S/C8H6BrN3O2/c1-4-11-6(8(13)14)7-10-2-5(9)3-12(4)7/h2-3H,1H3,(H,13,14). The van der Waals surface area contributed by atoms with Crippen molar-refractivity contribution >= 4 is 27.5 Å². The summed E-state index contributed by atoms with van der Waals surface area (Å²) >= 11 is 3.25. The smallest absolute Gasteiger partial charge is 0.358 e. The Balaban J connectivity index is 2.84. The summed E-state index contributed by atoms with van der Waals surface area (Å²) in [6.07, 6.45) is 3.28. The van der Waals surface area contributed by atoms with Crippen molar-refractivity contribution in [3.63, 3.8) is 0 Å². The third-order valence-electron chi connectivity index (χ3n) is 1.83. The molecule has 0 aromatic carbocycles. The minimum absolute atomic E-state index is 0.0185. The second-order valence-electron chi connectivity index (χ2n) is 2.78. The van der Waals surface area contributed by atoms with Crippen LogP contribution in [0.25, 0.3) is 5.65 Å². The molecule has 0 unspecified atom stereocenters. The molecule has 0 amide bonds. The van der Waals surface area contributed by atoms with Crippen LogP contribution in [0.5, 0.6) is 0 Å². The zero-order valence-electron chi connectivity index (χ0n) is 7.23. The Morgan fingerprint density at radius 3 is 3.00 bits per heavy atom. The Morgan fingerprint density at radius 1 is 1.64 bits per heavy atom. The van der Waals surface area contributed by atoms with Crippen molar-refractivity contribution < 1.29 is 9.90 Å². The van der Waals surface area contributed by atoms with Crippen LogP contribution in [0.2, 0.25) is 0 Å². The van der Waals surface area contributed by atoms with Crippen LogP contribution in [-0.4, -0.2) is 25.4 Å². The summed E-state index contributed by atoms with van der Waals surface area (Å²) in [5.41, 5.74) is 0.341. The van der Waals surface area contributed by atoms with Gasteiger partial charge in [-0.3, -0.25) is 4.40 Å². The fourth-order valence-corrected chi connectivity index (χ4v) is 1.54. The van der Waals surface area contributed by atoms with E-state index >= 15 is 0 Å². The van der Waals surface area contributed by atoms with Crippen LogP contribution >= 0.6 is 15.9 Å². The van der Waals surface area contributed by atoms with Crippen molar-refractivity contribution in [3.05, 3.63) is 28.4 Å². The van der Waals surface area contributed by atoms with E-state index in [4.69, 9.17) is 5.11 Å². The summed E-state index contributed by atoms with van der Waals surface area (Å²) < 4.78 is 2.41. The van der Waals surface area contributed by atoms with E-state index in [1.54, 1.807) is 23.7 Å². The van der Waals surface area contributed by atoms with E-state index in [1.165, 1.54) is 0 Å². The highest BCUT2D eigenvalue weighted by atomic mass is 79.9. The van der Waals surface area contributed by atoms with Gasteiger partial charge >= 0.3 is 5.97 Å². The fourth-order valence-electron chi connectivity index (χ4n) is 1.23. The van der Waals surface area contributed by atoms with Crippen LogP contribution in [0.3, 0.4) is 0 Å². The first-order valence-electron chi connectivity index (χ1n) is 3.83. The van der Waals surface area contributed by atoms with E-state index in [0.29, 0.717) is 11.5 Å². The molecule has 6 heteroatoms. The van der Waals surface area contributed by atoms with Gasteiger partial charge < -0.3 is 5.11 Å². The largest absolute Gasteiger partial charge is 0.476 e. The summed E-state index contributed by atoms with van der Waals surface area (Å²) in [6, 6.07) is 0. The lowest BCUT2D eigenvalue weighted by Gasteiger charge is -1.95. The number of hydrogen-bond donors (Lipinski definition) is 1. The third-order valence-corrected chi connectivity index (χ3v) is 2.24. The van der Waals surface area contributed by atoms with E-state index in [0.717, 1.165) is 4.47 Å². The molecule has 2 aromatic heterocycles. The summed E-state index contributed by atoms with van der Waals surface area (Å²) in [6.45, 7) is 1.73. The van der Waals surface area contributed by atoms with E-state index in [9.17, 15) is 4.79 Å². The number of aryl methyl sites for hydroxylation is 1. The van der Waals surface area contributed by atoms with Gasteiger partial charge in [0.25, 0.3) is 0 Å². The first kappa shape index (κ1) is 9.14. The topological polar surface area (TPSA) is 67.5 Å². The molecule has 1 N–H and O–H groups in total. The zero-order chi connectivity index (χ0) is 10.3. The van der Waals surface area contributed by atoms with E-state index in [1.807, 2.05) is 0 Å². The van der Waals surface area contributed by atoms with Gasteiger partial charge in [0.2, 0.25) is 0 Å². The molecule has 14 heavy (non-hydrogen) atoms. The molecule has 2 heterocycles. The van der Waals surface area contributed by atoms with Crippen LogP contribution in [0, 0.1) is 6.92 Å². The molecule has 0 bridgehead atoms. The van der Waals surface area contributed by atoms with E-state index < -0.39 is 5.97 Å². The van der Waals surface area contributed by atoms with Crippen molar-refractivity contribution in [1.29, 1.82) is 0 Å². The van der Waals surface area contributed by atoms with Crippen molar-refractivity contribution in [2.75, 3.05) is 0 Å². The van der Waals surface area contributed by atoms with Gasteiger partial charge in [0.1, 0.15) is 5.82 Å². The first-order valence-corrected chi connectivity index (χ1v) is 4.62. The predicted octanol–water partition coefficient (Wildman–Crippen LogP) is 1.50. The highest BCUT2D eigenvalue weighted by molar-refractivity contribution is 9.10. The highest BCUT2D eigenvalue weighted by Gasteiger charge is 2.15. The molecular weight excluding hydrogens is 250 g/mol. The number of rotatable bonds is 1. The molecule has 72 valence electrons. The van der Waals surface area contributed by atoms with Gasteiger partial charge in [0, 0.05) is 12.4 Å². The number of carboxylic acids is 1. The van der Waals surface area contributed by atoms with Crippen LogP contribution in [-0.2, 0) is 0 Å². The monoisotopic (exact) mass is 255 g/mol. The average molecular weight is 256 g/mol. The van der Waals surface area contributed by atoms with Crippen LogP contribution in [0.4, 0.5) is 0 Å². The highest BCUT2D eigenvalue weighted by Crippen LogP contribution is 2.14. The maximum atomic E-state index is 10.8. The number of carboxylic acid groups (broad SMARTS) is 1. The Kier molecular flexibility index (Phi) is 1.99. The maximum absolute atomic E-state index is 10.8. The van der Waals surface area contributed by atoms with E-state index in [-0.39, 0.29) is 5.69 Å². The number of hydrogen-bond acceptors (Lipinski definition) is 3. The fraction of sp³-hybridized carbons (Fsp3) is 0.125. The minimum atomic E-state index is -1.06. The zero-order valence-corrected chi connectivity index (χ0v) is 8.82. The van der Waals surface area contributed by atoms with Crippen molar-refractivity contribution in [1.82, 2.24) is 14.4 Å². The Labute approximate surface area is 87.5 Å². The molecule has 0 fully saturated rings. The number of carbonyl (C=O) groups is 1. The second kappa shape index (κ2) is 3.06. The molecule has 2 rings (SSSR count). The SMILES string of the molecule is Cc1nc(C(=O)O)c2ncc(Br)cn12. The number of aromatic carboxylic acids is 1. The molecule has 0 radical (unpaired) electrons. The lowest BCUT2D eigenvalue weighted by atomic mass is 10.4. The van der Waals surface area contributed by atoms with Gasteiger partial charge in [-0.25, -0.2) is 14.8 Å². The third kappa shape index (κ3) is 1.27. The number of fused-ring (bicyclic) bond motifs is 1. The van der Waals surface area contributed by atoms with Crippen LogP contribution < -0.4 is 0 Å². The average Bonchev–Trinajstić information content (AvgIpc) is 2.44. The summed E-state index contributed by atoms with van der Waals surface area (Å²) in [5, 5.41) is 8.84. The molecule has 0 saturated carbocycles. The Bertz CT molecular complexity index is 521.